The van der Waals surface area contributed by atoms with Crippen molar-refractivity contribution in [1.82, 2.24) is 0 Å². The molecular weight excluding hydrogens is 427 g/mol. The molecule has 1 atom stereocenters. The van der Waals surface area contributed by atoms with E-state index in [2.05, 4.69) is 50.3 Å². The van der Waals surface area contributed by atoms with Crippen molar-refractivity contribution in [2.75, 3.05) is 0 Å². The van der Waals surface area contributed by atoms with E-state index < -0.39 is 0 Å². The Morgan fingerprint density at radius 1 is 0.743 bits per heavy atom. The molecule has 1 heteroatoms. The summed E-state index contributed by atoms with van der Waals surface area (Å²) in [5.41, 5.74) is 6.70. The summed E-state index contributed by atoms with van der Waals surface area (Å²) in [4.78, 5) is 0. The molecule has 0 amide bonds. The van der Waals surface area contributed by atoms with Crippen LogP contribution in [-0.2, 0) is 6.42 Å². The van der Waals surface area contributed by atoms with Crippen LogP contribution in [0.1, 0.15) is 125 Å². The van der Waals surface area contributed by atoms with Crippen LogP contribution in [0.3, 0.4) is 0 Å². The molecule has 0 spiro atoms. The fourth-order valence-electron chi connectivity index (χ4n) is 7.32. The van der Waals surface area contributed by atoms with Gasteiger partial charge in [-0.05, 0) is 128 Å². The van der Waals surface area contributed by atoms with Crippen molar-refractivity contribution >= 4 is 5.57 Å². The third-order valence-corrected chi connectivity index (χ3v) is 9.73. The lowest BCUT2D eigenvalue weighted by atomic mass is 9.70. The number of rotatable bonds is 6. The maximum absolute atomic E-state index is 14.5. The van der Waals surface area contributed by atoms with Crippen molar-refractivity contribution in [3.8, 4) is 0 Å². The van der Waals surface area contributed by atoms with E-state index in [4.69, 9.17) is 0 Å². The highest BCUT2D eigenvalue weighted by Crippen LogP contribution is 2.44. The molecule has 5 rings (SSSR count). The SMILES string of the molecule is CCCc1ccc(C2CCC(C3CC=C(c4ccc(C5CCC(C)CC5)cc4)CC3)CC2)cc1F. The fraction of sp³-hybridized carbons (Fsp3) is 0.588. The maximum Gasteiger partial charge on any atom is 0.126 e. The summed E-state index contributed by atoms with van der Waals surface area (Å²) < 4.78 is 14.5. The first-order chi connectivity index (χ1) is 17.1. The van der Waals surface area contributed by atoms with Crippen molar-refractivity contribution in [3.63, 3.8) is 0 Å². The smallest absolute Gasteiger partial charge is 0.126 e. The standard InChI is InChI=1S/C34H45F/c1-3-4-32-21-22-33(23-34(32)35)31-19-17-30(18-20-31)29-15-13-28(14-16-29)27-11-9-26(10-12-27)25-7-5-24(2)6-8-25/h9-13,21-25,29-31H,3-8,14-20H2,1-2H3. The fourth-order valence-corrected chi connectivity index (χ4v) is 7.32. The van der Waals surface area contributed by atoms with Gasteiger partial charge in [-0.2, -0.15) is 0 Å². The molecule has 188 valence electrons. The highest BCUT2D eigenvalue weighted by molar-refractivity contribution is 5.66. The minimum atomic E-state index is 0.0118. The molecule has 0 radical (unpaired) electrons. The number of allylic oxidation sites excluding steroid dienone is 2. The molecule has 2 aromatic rings. The van der Waals surface area contributed by atoms with Crippen LogP contribution < -0.4 is 0 Å². The van der Waals surface area contributed by atoms with E-state index in [0.717, 1.165) is 42.1 Å². The Bertz CT molecular complexity index is 984. The molecule has 0 aromatic heterocycles. The molecule has 0 N–H and O–H groups in total. The number of aryl methyl sites for hydroxylation is 1. The van der Waals surface area contributed by atoms with E-state index in [1.54, 1.807) is 11.1 Å². The zero-order chi connectivity index (χ0) is 24.2. The van der Waals surface area contributed by atoms with Crippen molar-refractivity contribution in [1.29, 1.82) is 0 Å². The Balaban J connectivity index is 1.13. The Kier molecular flexibility index (Phi) is 8.11. The van der Waals surface area contributed by atoms with E-state index in [0.29, 0.717) is 5.92 Å². The Morgan fingerprint density at radius 2 is 1.40 bits per heavy atom. The topological polar surface area (TPSA) is 0 Å². The van der Waals surface area contributed by atoms with Gasteiger partial charge in [-0.3, -0.25) is 0 Å². The largest absolute Gasteiger partial charge is 0.207 e. The summed E-state index contributed by atoms with van der Waals surface area (Å²) in [5, 5.41) is 0. The van der Waals surface area contributed by atoms with Gasteiger partial charge in [-0.1, -0.05) is 75.6 Å². The van der Waals surface area contributed by atoms with E-state index in [-0.39, 0.29) is 5.82 Å². The van der Waals surface area contributed by atoms with Gasteiger partial charge >= 0.3 is 0 Å². The van der Waals surface area contributed by atoms with Crippen LogP contribution in [0.4, 0.5) is 4.39 Å². The third kappa shape index (κ3) is 5.92. The second-order valence-electron chi connectivity index (χ2n) is 12.1. The Hall–Kier alpha value is -1.89. The maximum atomic E-state index is 14.5. The molecule has 3 aliphatic rings. The van der Waals surface area contributed by atoms with Crippen LogP contribution in [0.2, 0.25) is 0 Å². The summed E-state index contributed by atoms with van der Waals surface area (Å²) in [6.07, 6.45) is 18.8. The molecule has 35 heavy (non-hydrogen) atoms. The lowest BCUT2D eigenvalue weighted by Gasteiger charge is -2.36. The third-order valence-electron chi connectivity index (χ3n) is 9.73. The lowest BCUT2D eigenvalue weighted by Crippen LogP contribution is -2.22. The van der Waals surface area contributed by atoms with Gasteiger partial charge in [0.05, 0.1) is 0 Å². The molecule has 2 fully saturated rings. The minimum Gasteiger partial charge on any atom is -0.207 e. The van der Waals surface area contributed by atoms with Gasteiger partial charge in [0, 0.05) is 0 Å². The van der Waals surface area contributed by atoms with Crippen molar-refractivity contribution in [2.45, 2.75) is 109 Å². The predicted octanol–water partition coefficient (Wildman–Crippen LogP) is 10.2. The van der Waals surface area contributed by atoms with E-state index >= 15 is 0 Å². The van der Waals surface area contributed by atoms with Crippen LogP contribution in [0.15, 0.2) is 48.5 Å². The number of benzene rings is 2. The zero-order valence-corrected chi connectivity index (χ0v) is 22.1. The van der Waals surface area contributed by atoms with Gasteiger partial charge in [-0.15, -0.1) is 0 Å². The molecule has 1 unspecified atom stereocenters. The molecule has 0 heterocycles. The van der Waals surface area contributed by atoms with Crippen molar-refractivity contribution < 1.29 is 4.39 Å². The molecule has 2 aromatic carbocycles. The summed E-state index contributed by atoms with van der Waals surface area (Å²) in [5.74, 6) is 3.96. The molecule has 0 saturated heterocycles. The Morgan fingerprint density at radius 3 is 2.03 bits per heavy atom. The highest BCUT2D eigenvalue weighted by Gasteiger charge is 2.29. The monoisotopic (exact) mass is 472 g/mol. The minimum absolute atomic E-state index is 0.0118. The van der Waals surface area contributed by atoms with Crippen LogP contribution in [0.25, 0.3) is 5.57 Å². The number of hydrogen-bond donors (Lipinski definition) is 0. The first-order valence-electron chi connectivity index (χ1n) is 14.7. The summed E-state index contributed by atoms with van der Waals surface area (Å²) >= 11 is 0. The molecule has 0 bridgehead atoms. The molecule has 3 aliphatic carbocycles. The molecule has 0 aliphatic heterocycles. The van der Waals surface area contributed by atoms with Crippen LogP contribution in [-0.4, -0.2) is 0 Å². The van der Waals surface area contributed by atoms with Gasteiger partial charge in [-0.25, -0.2) is 4.39 Å². The summed E-state index contributed by atoms with van der Waals surface area (Å²) in [6, 6.07) is 15.7. The van der Waals surface area contributed by atoms with Gasteiger partial charge in [0.1, 0.15) is 5.82 Å². The van der Waals surface area contributed by atoms with Crippen LogP contribution >= 0.6 is 0 Å². The van der Waals surface area contributed by atoms with Gasteiger partial charge in [0.15, 0.2) is 0 Å². The Labute approximate surface area is 213 Å². The first-order valence-corrected chi connectivity index (χ1v) is 14.7. The van der Waals surface area contributed by atoms with Crippen molar-refractivity contribution in [2.24, 2.45) is 17.8 Å². The normalized spacial score (nSPS) is 29.6. The quantitative estimate of drug-likeness (QED) is 0.392. The van der Waals surface area contributed by atoms with Crippen LogP contribution in [0.5, 0.6) is 0 Å². The van der Waals surface area contributed by atoms with Crippen LogP contribution in [0, 0.1) is 23.6 Å². The van der Waals surface area contributed by atoms with Gasteiger partial charge in [0.2, 0.25) is 0 Å². The molecular formula is C34H45F. The molecule has 2 saturated carbocycles. The summed E-state index contributed by atoms with van der Waals surface area (Å²) in [6.45, 7) is 4.52. The van der Waals surface area contributed by atoms with E-state index in [9.17, 15) is 4.39 Å². The molecule has 0 nitrogen and oxygen atoms in total. The predicted molar refractivity (Wildman–Crippen MR) is 147 cm³/mol. The summed E-state index contributed by atoms with van der Waals surface area (Å²) in [7, 11) is 0. The zero-order valence-electron chi connectivity index (χ0n) is 22.1. The van der Waals surface area contributed by atoms with Crippen molar-refractivity contribution in [3.05, 3.63) is 76.6 Å². The first kappa shape index (κ1) is 24.8. The second kappa shape index (κ2) is 11.4. The number of halogens is 1. The number of hydrogen-bond acceptors (Lipinski definition) is 0. The average molecular weight is 473 g/mol. The van der Waals surface area contributed by atoms with Gasteiger partial charge in [0.25, 0.3) is 0 Å². The van der Waals surface area contributed by atoms with Gasteiger partial charge < -0.3 is 0 Å². The average Bonchev–Trinajstić information content (AvgIpc) is 2.91. The highest BCUT2D eigenvalue weighted by atomic mass is 19.1. The lowest BCUT2D eigenvalue weighted by molar-refractivity contribution is 0.220. The second-order valence-corrected chi connectivity index (χ2v) is 12.1. The van der Waals surface area contributed by atoms with E-state index in [1.165, 1.54) is 81.8 Å². The van der Waals surface area contributed by atoms with E-state index in [1.807, 2.05) is 12.1 Å².